The second-order valence-electron chi connectivity index (χ2n) is 5.49. The highest BCUT2D eigenvalue weighted by molar-refractivity contribution is 5.74. The summed E-state index contributed by atoms with van der Waals surface area (Å²) < 4.78 is 20.8. The molecule has 128 valence electrons. The first-order valence-electron chi connectivity index (χ1n) is 8.04. The van der Waals surface area contributed by atoms with Crippen LogP contribution in [0.5, 0.6) is 0 Å². The Morgan fingerprint density at radius 1 is 1.18 bits per heavy atom. The summed E-state index contributed by atoms with van der Waals surface area (Å²) >= 11 is 0. The number of aldehydes is 1. The molecule has 0 radical (unpaired) electrons. The van der Waals surface area contributed by atoms with Gasteiger partial charge in [0.15, 0.2) is 0 Å². The molecular weight excluding hydrogens is 288 g/mol. The van der Waals surface area contributed by atoms with Crippen LogP contribution in [0.1, 0.15) is 32.1 Å². The first-order valence-corrected chi connectivity index (χ1v) is 8.04. The summed E-state index contributed by atoms with van der Waals surface area (Å²) in [5.41, 5.74) is 0. The average molecular weight is 316 g/mol. The molecule has 22 heavy (non-hydrogen) atoms. The number of hydrogen-bond acceptors (Lipinski definition) is 6. The van der Waals surface area contributed by atoms with Crippen LogP contribution in [-0.2, 0) is 28.5 Å². The average Bonchev–Trinajstić information content (AvgIpc) is 2.94. The number of ether oxygens (including phenoxy) is 4. The van der Waals surface area contributed by atoms with Crippen molar-refractivity contribution in [3.05, 3.63) is 0 Å². The van der Waals surface area contributed by atoms with Crippen LogP contribution in [0.4, 0.5) is 0 Å². The van der Waals surface area contributed by atoms with Gasteiger partial charge in [0.1, 0.15) is 6.29 Å². The quantitative estimate of drug-likeness (QED) is 0.275. The minimum Gasteiger partial charge on any atom is -0.465 e. The minimum atomic E-state index is -0.0925. The molecule has 6 heteroatoms. The molecule has 2 atom stereocenters. The van der Waals surface area contributed by atoms with E-state index >= 15 is 0 Å². The second-order valence-corrected chi connectivity index (χ2v) is 5.49. The first kappa shape index (κ1) is 19.1. The molecule has 0 N–H and O–H groups in total. The molecule has 0 aromatic rings. The normalized spacial score (nSPS) is 19.1. The lowest BCUT2D eigenvalue weighted by atomic mass is 10.0. The molecule has 0 saturated carbocycles. The van der Waals surface area contributed by atoms with Crippen molar-refractivity contribution in [3.63, 3.8) is 0 Å². The number of rotatable bonds is 14. The number of esters is 1. The van der Waals surface area contributed by atoms with Gasteiger partial charge in [0.2, 0.25) is 0 Å². The molecule has 0 aromatic carbocycles. The summed E-state index contributed by atoms with van der Waals surface area (Å²) in [6.45, 7) is 3.57. The van der Waals surface area contributed by atoms with Crippen LogP contribution in [0.2, 0.25) is 0 Å². The van der Waals surface area contributed by atoms with E-state index in [-0.39, 0.29) is 17.8 Å². The summed E-state index contributed by atoms with van der Waals surface area (Å²) in [4.78, 5) is 22.0. The van der Waals surface area contributed by atoms with Crippen LogP contribution < -0.4 is 0 Å². The molecule has 1 aliphatic heterocycles. The molecule has 0 aromatic heterocycles. The third-order valence-corrected chi connectivity index (χ3v) is 3.75. The molecule has 2 unspecified atom stereocenters. The maximum Gasteiger partial charge on any atom is 0.309 e. The van der Waals surface area contributed by atoms with Gasteiger partial charge in [-0.05, 0) is 32.1 Å². The van der Waals surface area contributed by atoms with Crippen LogP contribution in [0.25, 0.3) is 0 Å². The standard InChI is InChI=1S/C16H28O6/c1-19-9-3-14(13-17)4-10-20-7-2-8-21-11-5-15-6-12-22-16(15)18/h13-15H,2-12H2,1H3. The SMILES string of the molecule is COCCC(C=O)CCOCCCOCCC1CCOC1=O. The molecule has 0 bridgehead atoms. The molecule has 1 saturated heterocycles. The zero-order chi connectivity index (χ0) is 16.0. The molecular formula is C16H28O6. The third kappa shape index (κ3) is 8.46. The van der Waals surface area contributed by atoms with E-state index in [4.69, 9.17) is 18.9 Å². The Hall–Kier alpha value is -0.980. The van der Waals surface area contributed by atoms with Gasteiger partial charge in [0.25, 0.3) is 0 Å². The first-order chi connectivity index (χ1) is 10.8. The predicted octanol–water partition coefficient (Wildman–Crippen LogP) is 1.60. The van der Waals surface area contributed by atoms with Gasteiger partial charge < -0.3 is 23.7 Å². The van der Waals surface area contributed by atoms with Gasteiger partial charge in [-0.2, -0.15) is 0 Å². The lowest BCUT2D eigenvalue weighted by Gasteiger charge is -2.10. The Kier molecular flexibility index (Phi) is 10.9. The van der Waals surface area contributed by atoms with Crippen LogP contribution in [-0.4, -0.2) is 59.0 Å². The van der Waals surface area contributed by atoms with E-state index in [0.717, 1.165) is 38.4 Å². The molecule has 6 nitrogen and oxygen atoms in total. The van der Waals surface area contributed by atoms with Crippen LogP contribution in [0.15, 0.2) is 0 Å². The van der Waals surface area contributed by atoms with E-state index in [1.165, 1.54) is 0 Å². The Labute approximate surface area is 132 Å². The van der Waals surface area contributed by atoms with Gasteiger partial charge in [-0.25, -0.2) is 0 Å². The van der Waals surface area contributed by atoms with Gasteiger partial charge in [0, 0.05) is 46.1 Å². The molecule has 0 spiro atoms. The fourth-order valence-electron chi connectivity index (χ4n) is 2.28. The molecule has 1 heterocycles. The van der Waals surface area contributed by atoms with Crippen molar-refractivity contribution >= 4 is 12.3 Å². The zero-order valence-electron chi connectivity index (χ0n) is 13.5. The smallest absolute Gasteiger partial charge is 0.309 e. The highest BCUT2D eigenvalue weighted by atomic mass is 16.5. The second kappa shape index (κ2) is 12.6. The van der Waals surface area contributed by atoms with Crippen LogP contribution in [0, 0.1) is 11.8 Å². The Balaban J connectivity index is 1.85. The number of cyclic esters (lactones) is 1. The zero-order valence-corrected chi connectivity index (χ0v) is 13.5. The lowest BCUT2D eigenvalue weighted by molar-refractivity contribution is -0.141. The minimum absolute atomic E-state index is 0.0161. The Morgan fingerprint density at radius 2 is 1.91 bits per heavy atom. The van der Waals surface area contributed by atoms with E-state index in [1.807, 2.05) is 0 Å². The number of carbonyl (C=O) groups is 2. The van der Waals surface area contributed by atoms with E-state index < -0.39 is 0 Å². The number of carbonyl (C=O) groups excluding carboxylic acids is 2. The van der Waals surface area contributed by atoms with Crippen molar-refractivity contribution in [3.8, 4) is 0 Å². The van der Waals surface area contributed by atoms with E-state index in [9.17, 15) is 9.59 Å². The van der Waals surface area contributed by atoms with Crippen molar-refractivity contribution in [2.45, 2.75) is 32.1 Å². The predicted molar refractivity (Wildman–Crippen MR) is 80.6 cm³/mol. The topological polar surface area (TPSA) is 71.1 Å². The largest absolute Gasteiger partial charge is 0.465 e. The van der Waals surface area contributed by atoms with Crippen LogP contribution in [0.3, 0.4) is 0 Å². The summed E-state index contributed by atoms with van der Waals surface area (Å²) in [5, 5.41) is 0. The number of hydrogen-bond donors (Lipinski definition) is 0. The fourth-order valence-corrected chi connectivity index (χ4v) is 2.28. The summed E-state index contributed by atoms with van der Waals surface area (Å²) in [7, 11) is 1.63. The molecule has 0 aliphatic carbocycles. The van der Waals surface area contributed by atoms with Crippen molar-refractivity contribution < 1.29 is 28.5 Å². The molecule has 1 rings (SSSR count). The van der Waals surface area contributed by atoms with Gasteiger partial charge in [-0.1, -0.05) is 0 Å². The van der Waals surface area contributed by atoms with Gasteiger partial charge in [-0.3, -0.25) is 4.79 Å². The summed E-state index contributed by atoms with van der Waals surface area (Å²) in [6.07, 6.45) is 4.82. The van der Waals surface area contributed by atoms with Crippen molar-refractivity contribution in [2.24, 2.45) is 11.8 Å². The molecule has 1 aliphatic rings. The van der Waals surface area contributed by atoms with Crippen molar-refractivity contribution in [2.75, 3.05) is 46.8 Å². The lowest BCUT2D eigenvalue weighted by Crippen LogP contribution is -2.12. The molecule has 1 fully saturated rings. The maximum absolute atomic E-state index is 11.2. The molecule has 0 amide bonds. The van der Waals surface area contributed by atoms with Crippen molar-refractivity contribution in [1.29, 1.82) is 0 Å². The van der Waals surface area contributed by atoms with Gasteiger partial charge in [-0.15, -0.1) is 0 Å². The van der Waals surface area contributed by atoms with Crippen molar-refractivity contribution in [1.82, 2.24) is 0 Å². The fraction of sp³-hybridized carbons (Fsp3) is 0.875. The summed E-state index contributed by atoms with van der Waals surface area (Å²) in [6, 6.07) is 0. The van der Waals surface area contributed by atoms with E-state index in [1.54, 1.807) is 7.11 Å². The monoisotopic (exact) mass is 316 g/mol. The Morgan fingerprint density at radius 3 is 2.55 bits per heavy atom. The van der Waals surface area contributed by atoms with Gasteiger partial charge in [0.05, 0.1) is 12.5 Å². The highest BCUT2D eigenvalue weighted by Crippen LogP contribution is 2.17. The maximum atomic E-state index is 11.2. The third-order valence-electron chi connectivity index (χ3n) is 3.75. The van der Waals surface area contributed by atoms with E-state index in [0.29, 0.717) is 39.6 Å². The Bertz CT molecular complexity index is 307. The number of methoxy groups -OCH3 is 1. The summed E-state index contributed by atoms with van der Waals surface area (Å²) in [5.74, 6) is -0.0591. The highest BCUT2D eigenvalue weighted by Gasteiger charge is 2.25. The van der Waals surface area contributed by atoms with Crippen LogP contribution >= 0.6 is 0 Å². The van der Waals surface area contributed by atoms with E-state index in [2.05, 4.69) is 0 Å². The van der Waals surface area contributed by atoms with Gasteiger partial charge >= 0.3 is 5.97 Å².